The zero-order valence-electron chi connectivity index (χ0n) is 7.37. The van der Waals surface area contributed by atoms with Crippen LogP contribution in [0.25, 0.3) is 16.5 Å². The van der Waals surface area contributed by atoms with Crippen LogP contribution in [0, 0.1) is 0 Å². The van der Waals surface area contributed by atoms with E-state index in [4.69, 9.17) is 5.53 Å². The summed E-state index contributed by atoms with van der Waals surface area (Å²) in [6.07, 6.45) is 5.68. The lowest BCUT2D eigenvalue weighted by Gasteiger charge is -1.92. The highest BCUT2D eigenvalue weighted by Gasteiger charge is 1.90. The average Bonchev–Trinajstić information content (AvgIpc) is 2.25. The van der Waals surface area contributed by atoms with Gasteiger partial charge in [0.15, 0.2) is 0 Å². The van der Waals surface area contributed by atoms with Gasteiger partial charge < -0.3 is 0 Å². The quantitative estimate of drug-likeness (QED) is 0.314. The molecule has 1 aromatic heterocycles. The second-order valence-electron chi connectivity index (χ2n) is 2.45. The lowest BCUT2D eigenvalue weighted by atomic mass is 10.2. The van der Waals surface area contributed by atoms with Crippen molar-refractivity contribution in [1.29, 1.82) is 0 Å². The second kappa shape index (κ2) is 5.50. The molecule has 0 aliphatic rings. The van der Waals surface area contributed by atoms with Crippen molar-refractivity contribution in [1.82, 2.24) is 4.98 Å². The normalized spacial score (nSPS) is 9.71. The van der Waals surface area contributed by atoms with Crippen molar-refractivity contribution >= 4 is 12.4 Å². The lowest BCUT2D eigenvalue weighted by Crippen LogP contribution is -1.84. The SMILES string of the molecule is [N-]=[N+]=NCC=Cc1cc(C=O)ccn1. The third-order valence-corrected chi connectivity index (χ3v) is 1.48. The van der Waals surface area contributed by atoms with E-state index in [1.807, 2.05) is 0 Å². The van der Waals surface area contributed by atoms with Gasteiger partial charge in [0, 0.05) is 23.2 Å². The van der Waals surface area contributed by atoms with Gasteiger partial charge in [0.2, 0.25) is 0 Å². The molecule has 0 bridgehead atoms. The van der Waals surface area contributed by atoms with Crippen LogP contribution in [0.3, 0.4) is 0 Å². The number of carbonyl (C=O) groups excluding carboxylic acids is 1. The highest BCUT2D eigenvalue weighted by atomic mass is 16.1. The molecule has 5 heteroatoms. The Morgan fingerprint density at radius 3 is 3.21 bits per heavy atom. The summed E-state index contributed by atoms with van der Waals surface area (Å²) in [5.41, 5.74) is 9.25. The van der Waals surface area contributed by atoms with Crippen LogP contribution in [-0.2, 0) is 0 Å². The number of rotatable bonds is 4. The van der Waals surface area contributed by atoms with Crippen LogP contribution in [-0.4, -0.2) is 17.8 Å². The molecule has 0 saturated heterocycles. The van der Waals surface area contributed by atoms with Crippen molar-refractivity contribution in [2.45, 2.75) is 0 Å². The molecule has 0 radical (unpaired) electrons. The van der Waals surface area contributed by atoms with E-state index >= 15 is 0 Å². The van der Waals surface area contributed by atoms with Crippen LogP contribution in [0.5, 0.6) is 0 Å². The Balaban J connectivity index is 2.70. The Kier molecular flexibility index (Phi) is 3.91. The predicted octanol–water partition coefficient (Wildman–Crippen LogP) is 2.22. The van der Waals surface area contributed by atoms with E-state index in [9.17, 15) is 4.79 Å². The summed E-state index contributed by atoms with van der Waals surface area (Å²) in [6, 6.07) is 3.28. The molecule has 0 saturated carbocycles. The molecule has 5 nitrogen and oxygen atoms in total. The van der Waals surface area contributed by atoms with E-state index in [1.165, 1.54) is 0 Å². The Labute approximate surface area is 80.7 Å². The molecule has 70 valence electrons. The number of nitrogens with zero attached hydrogens (tertiary/aromatic N) is 4. The van der Waals surface area contributed by atoms with E-state index < -0.39 is 0 Å². The standard InChI is InChI=1S/C9H8N4O/c10-13-12-4-1-2-9-6-8(7-14)3-5-11-9/h1-3,5-7H,4H2. The first kappa shape index (κ1) is 9.95. The minimum Gasteiger partial charge on any atom is -0.298 e. The molecule has 0 aliphatic heterocycles. The number of aromatic nitrogens is 1. The number of azide groups is 1. The Morgan fingerprint density at radius 2 is 2.50 bits per heavy atom. The second-order valence-corrected chi connectivity index (χ2v) is 2.45. The van der Waals surface area contributed by atoms with Crippen LogP contribution < -0.4 is 0 Å². The smallest absolute Gasteiger partial charge is 0.150 e. The number of hydrogen-bond acceptors (Lipinski definition) is 3. The van der Waals surface area contributed by atoms with Crippen molar-refractivity contribution in [3.8, 4) is 0 Å². The summed E-state index contributed by atoms with van der Waals surface area (Å²) < 4.78 is 0. The molecule has 0 spiro atoms. The summed E-state index contributed by atoms with van der Waals surface area (Å²) in [7, 11) is 0. The van der Waals surface area contributed by atoms with Gasteiger partial charge in [-0.15, -0.1) is 0 Å². The zero-order chi connectivity index (χ0) is 10.2. The first-order valence-corrected chi connectivity index (χ1v) is 3.95. The number of pyridine rings is 1. The van der Waals surface area contributed by atoms with E-state index in [2.05, 4.69) is 15.0 Å². The number of carbonyl (C=O) groups is 1. The molecule has 0 aliphatic carbocycles. The molecule has 0 unspecified atom stereocenters. The van der Waals surface area contributed by atoms with Gasteiger partial charge in [0.25, 0.3) is 0 Å². The van der Waals surface area contributed by atoms with Crippen molar-refractivity contribution in [3.63, 3.8) is 0 Å². The molecule has 0 aromatic carbocycles. The highest BCUT2D eigenvalue weighted by Crippen LogP contribution is 2.01. The van der Waals surface area contributed by atoms with Crippen LogP contribution in [0.1, 0.15) is 16.1 Å². The van der Waals surface area contributed by atoms with E-state index in [1.54, 1.807) is 30.5 Å². The summed E-state index contributed by atoms with van der Waals surface area (Å²) in [4.78, 5) is 17.0. The highest BCUT2D eigenvalue weighted by molar-refractivity contribution is 5.75. The van der Waals surface area contributed by atoms with Gasteiger partial charge in [-0.2, -0.15) is 0 Å². The van der Waals surface area contributed by atoms with E-state index in [0.29, 0.717) is 11.3 Å². The molecule has 0 fully saturated rings. The zero-order valence-corrected chi connectivity index (χ0v) is 7.37. The van der Waals surface area contributed by atoms with Crippen molar-refractivity contribution < 1.29 is 4.79 Å². The molecule has 1 heterocycles. The van der Waals surface area contributed by atoms with Gasteiger partial charge in [0.1, 0.15) is 6.29 Å². The summed E-state index contributed by atoms with van der Waals surface area (Å²) in [5, 5.41) is 3.33. The maximum Gasteiger partial charge on any atom is 0.150 e. The maximum atomic E-state index is 10.4. The van der Waals surface area contributed by atoms with Gasteiger partial charge in [-0.1, -0.05) is 11.2 Å². The molecule has 0 N–H and O–H groups in total. The van der Waals surface area contributed by atoms with Crippen molar-refractivity contribution in [2.75, 3.05) is 6.54 Å². The van der Waals surface area contributed by atoms with Crippen LogP contribution >= 0.6 is 0 Å². The minimum absolute atomic E-state index is 0.281. The molecule has 1 rings (SSSR count). The molecule has 0 atom stereocenters. The maximum absolute atomic E-state index is 10.4. The monoisotopic (exact) mass is 188 g/mol. The van der Waals surface area contributed by atoms with Crippen LogP contribution in [0.4, 0.5) is 0 Å². The average molecular weight is 188 g/mol. The summed E-state index contributed by atoms with van der Waals surface area (Å²) >= 11 is 0. The van der Waals surface area contributed by atoms with Gasteiger partial charge >= 0.3 is 0 Å². The third-order valence-electron chi connectivity index (χ3n) is 1.48. The van der Waals surface area contributed by atoms with Crippen molar-refractivity contribution in [2.24, 2.45) is 5.11 Å². The fourth-order valence-electron chi connectivity index (χ4n) is 0.887. The van der Waals surface area contributed by atoms with Crippen LogP contribution in [0.15, 0.2) is 29.5 Å². The molecular weight excluding hydrogens is 180 g/mol. The fourth-order valence-corrected chi connectivity index (χ4v) is 0.887. The third kappa shape index (κ3) is 3.08. The topological polar surface area (TPSA) is 78.7 Å². The lowest BCUT2D eigenvalue weighted by molar-refractivity contribution is 0.112. The Hall–Kier alpha value is -2.13. The van der Waals surface area contributed by atoms with Gasteiger partial charge in [0.05, 0.1) is 5.69 Å². The predicted molar refractivity (Wildman–Crippen MR) is 52.7 cm³/mol. The van der Waals surface area contributed by atoms with Crippen LogP contribution in [0.2, 0.25) is 0 Å². The molecular formula is C9H8N4O. The number of aldehydes is 1. The Bertz CT molecular complexity index is 394. The van der Waals surface area contributed by atoms with E-state index in [0.717, 1.165) is 6.29 Å². The first-order chi connectivity index (χ1) is 6.86. The molecule has 14 heavy (non-hydrogen) atoms. The van der Waals surface area contributed by atoms with Gasteiger partial charge in [-0.3, -0.25) is 9.78 Å². The summed E-state index contributed by atoms with van der Waals surface area (Å²) in [5.74, 6) is 0. The molecule has 0 amide bonds. The van der Waals surface area contributed by atoms with Crippen molar-refractivity contribution in [3.05, 3.63) is 46.1 Å². The Morgan fingerprint density at radius 1 is 1.64 bits per heavy atom. The largest absolute Gasteiger partial charge is 0.298 e. The molecule has 1 aromatic rings. The van der Waals surface area contributed by atoms with Gasteiger partial charge in [-0.25, -0.2) is 0 Å². The fraction of sp³-hybridized carbons (Fsp3) is 0.111. The minimum atomic E-state index is 0.281. The number of hydrogen-bond donors (Lipinski definition) is 0. The van der Waals surface area contributed by atoms with E-state index in [-0.39, 0.29) is 6.54 Å². The summed E-state index contributed by atoms with van der Waals surface area (Å²) in [6.45, 7) is 0.281. The van der Waals surface area contributed by atoms with Gasteiger partial charge in [-0.05, 0) is 23.7 Å². The first-order valence-electron chi connectivity index (χ1n) is 3.95.